The summed E-state index contributed by atoms with van der Waals surface area (Å²) in [7, 11) is 0. The Morgan fingerprint density at radius 2 is 1.38 bits per heavy atom. The van der Waals surface area contributed by atoms with Gasteiger partial charge < -0.3 is 25.0 Å². The number of amides is 1. The fraction of sp³-hybridized carbons (Fsp3) is 0.392. The SMILES string of the molecule is CC(C)Cc1cc(CNC(=O)CN2CCN(c3ccccc3)CC2)nn1-c1ccccc1.Cc1ccc(N2CCN(CCNCc3cc(-c4ccccc4C(F)(F)F)no3)CC2)c(C)c1. The van der Waals surface area contributed by atoms with Crippen LogP contribution in [-0.2, 0) is 30.5 Å². The van der Waals surface area contributed by atoms with Gasteiger partial charge in [0.1, 0.15) is 5.69 Å². The standard InChI is InChI=1S/C26H33N5O.C25H29F3N4O/c1-21(2)17-25-18-22(28-31(25)24-11-7-4-8-12-24)19-27-26(32)20-29-13-15-30(16-14-29)23-9-5-3-6-10-23;1-18-7-8-24(19(2)15-18)32-13-11-31(12-14-32)10-9-29-17-20-16-23(30-33-20)21-5-3-4-6-22(21)25(26,27)28/h3-12,18,21H,13-17,19-20H2,1-2H3,(H,27,32);3-8,15-16,29H,9-14,17H2,1-2H3. The maximum absolute atomic E-state index is 13.2. The van der Waals surface area contributed by atoms with Gasteiger partial charge in [0, 0.05) is 94.1 Å². The second-order valence-corrected chi connectivity index (χ2v) is 17.4. The molecule has 1 amide bonds. The van der Waals surface area contributed by atoms with E-state index < -0.39 is 11.7 Å². The second kappa shape index (κ2) is 22.3. The Balaban J connectivity index is 0.000000194. The number of anilines is 2. The number of nitrogens with zero attached hydrogens (tertiary/aromatic N) is 7. The molecule has 4 aromatic carbocycles. The number of piperazine rings is 2. The third-order valence-electron chi connectivity index (χ3n) is 11.8. The number of rotatable bonds is 15. The molecule has 344 valence electrons. The highest BCUT2D eigenvalue weighted by molar-refractivity contribution is 5.78. The highest BCUT2D eigenvalue weighted by atomic mass is 19.4. The molecule has 2 N–H and O–H groups in total. The van der Waals surface area contributed by atoms with Gasteiger partial charge in [-0.05, 0) is 74.2 Å². The molecule has 11 nitrogen and oxygen atoms in total. The van der Waals surface area contributed by atoms with Crippen LogP contribution in [0, 0.1) is 19.8 Å². The van der Waals surface area contributed by atoms with Crippen LogP contribution in [0.5, 0.6) is 0 Å². The van der Waals surface area contributed by atoms with Crippen molar-refractivity contribution in [2.75, 3.05) is 81.8 Å². The monoisotopic (exact) mass is 889 g/mol. The first-order valence-electron chi connectivity index (χ1n) is 22.7. The van der Waals surface area contributed by atoms with Gasteiger partial charge in [-0.3, -0.25) is 14.6 Å². The zero-order chi connectivity index (χ0) is 45.8. The Hall–Kier alpha value is -5.96. The quantitative estimate of drug-likeness (QED) is 0.0987. The summed E-state index contributed by atoms with van der Waals surface area (Å²) in [5, 5.41) is 15.0. The first-order chi connectivity index (χ1) is 31.4. The van der Waals surface area contributed by atoms with Crippen LogP contribution in [-0.4, -0.2) is 103 Å². The van der Waals surface area contributed by atoms with Crippen LogP contribution in [0.2, 0.25) is 0 Å². The molecule has 0 saturated carbocycles. The lowest BCUT2D eigenvalue weighted by Crippen LogP contribution is -2.49. The van der Waals surface area contributed by atoms with Crippen LogP contribution in [0.4, 0.5) is 24.5 Å². The molecular weight excluding hydrogens is 828 g/mol. The lowest BCUT2D eigenvalue weighted by molar-refractivity contribution is -0.137. The molecule has 4 heterocycles. The number of hydrogen-bond acceptors (Lipinski definition) is 9. The fourth-order valence-electron chi connectivity index (χ4n) is 8.47. The number of nitrogens with one attached hydrogen (secondary N) is 2. The molecule has 2 aromatic heterocycles. The van der Waals surface area contributed by atoms with Gasteiger partial charge in [0.15, 0.2) is 5.76 Å². The van der Waals surface area contributed by atoms with Gasteiger partial charge in [0.05, 0.1) is 36.6 Å². The van der Waals surface area contributed by atoms with Crippen molar-refractivity contribution in [2.45, 2.75) is 53.4 Å². The van der Waals surface area contributed by atoms with E-state index in [-0.39, 0.29) is 17.2 Å². The van der Waals surface area contributed by atoms with Gasteiger partial charge in [-0.2, -0.15) is 18.3 Å². The molecule has 0 spiro atoms. The second-order valence-electron chi connectivity index (χ2n) is 17.4. The van der Waals surface area contributed by atoms with E-state index in [1.807, 2.05) is 28.9 Å². The molecule has 0 bridgehead atoms. The number of halogens is 3. The Labute approximate surface area is 381 Å². The van der Waals surface area contributed by atoms with E-state index in [0.29, 0.717) is 31.3 Å². The van der Waals surface area contributed by atoms with Crippen LogP contribution < -0.4 is 20.4 Å². The van der Waals surface area contributed by atoms with E-state index in [2.05, 4.69) is 124 Å². The molecule has 0 atom stereocenters. The van der Waals surface area contributed by atoms with Gasteiger partial charge in [0.2, 0.25) is 5.91 Å². The van der Waals surface area contributed by atoms with Crippen molar-refractivity contribution in [3.63, 3.8) is 0 Å². The maximum atomic E-state index is 13.2. The van der Waals surface area contributed by atoms with Crippen molar-refractivity contribution in [3.05, 3.63) is 149 Å². The molecule has 2 saturated heterocycles. The molecule has 14 heteroatoms. The maximum Gasteiger partial charge on any atom is 0.417 e. The van der Waals surface area contributed by atoms with E-state index in [0.717, 1.165) is 89.3 Å². The summed E-state index contributed by atoms with van der Waals surface area (Å²) in [4.78, 5) is 22.0. The predicted octanol–water partition coefficient (Wildman–Crippen LogP) is 8.40. The van der Waals surface area contributed by atoms with Crippen LogP contribution in [0.15, 0.2) is 120 Å². The van der Waals surface area contributed by atoms with Crippen LogP contribution in [0.1, 0.15) is 47.7 Å². The minimum Gasteiger partial charge on any atom is -0.369 e. The van der Waals surface area contributed by atoms with Crippen molar-refractivity contribution < 1.29 is 22.5 Å². The van der Waals surface area contributed by atoms with E-state index in [4.69, 9.17) is 9.62 Å². The Morgan fingerprint density at radius 3 is 2.06 bits per heavy atom. The number of alkyl halides is 3. The number of benzene rings is 4. The summed E-state index contributed by atoms with van der Waals surface area (Å²) in [5.41, 5.74) is 7.80. The van der Waals surface area contributed by atoms with Gasteiger partial charge >= 0.3 is 6.18 Å². The summed E-state index contributed by atoms with van der Waals surface area (Å²) in [6.45, 7) is 19.3. The first-order valence-corrected chi connectivity index (χ1v) is 22.7. The van der Waals surface area contributed by atoms with Crippen molar-refractivity contribution in [2.24, 2.45) is 5.92 Å². The van der Waals surface area contributed by atoms with Crippen molar-refractivity contribution in [1.29, 1.82) is 0 Å². The summed E-state index contributed by atoms with van der Waals surface area (Å²) in [6.07, 6.45) is -3.49. The van der Waals surface area contributed by atoms with Crippen molar-refractivity contribution in [1.82, 2.24) is 35.4 Å². The number of carbonyl (C=O) groups is 1. The third-order valence-corrected chi connectivity index (χ3v) is 11.8. The molecule has 2 aliphatic heterocycles. The Kier molecular flexibility index (Phi) is 16.1. The third kappa shape index (κ3) is 13.3. The highest BCUT2D eigenvalue weighted by Crippen LogP contribution is 2.36. The molecule has 65 heavy (non-hydrogen) atoms. The van der Waals surface area contributed by atoms with E-state index in [9.17, 15) is 18.0 Å². The molecule has 2 fully saturated rings. The molecule has 0 radical (unpaired) electrons. The van der Waals surface area contributed by atoms with Crippen LogP contribution in [0.3, 0.4) is 0 Å². The highest BCUT2D eigenvalue weighted by Gasteiger charge is 2.34. The lowest BCUT2D eigenvalue weighted by Gasteiger charge is -2.37. The smallest absolute Gasteiger partial charge is 0.369 e. The molecular formula is C51H62F3N9O2. The average molecular weight is 890 g/mol. The number of carbonyl (C=O) groups excluding carboxylic acids is 1. The van der Waals surface area contributed by atoms with Crippen LogP contribution >= 0.6 is 0 Å². The van der Waals surface area contributed by atoms with Crippen LogP contribution in [0.25, 0.3) is 16.9 Å². The molecule has 0 unspecified atom stereocenters. The number of para-hydroxylation sites is 2. The average Bonchev–Trinajstić information content (AvgIpc) is 3.95. The van der Waals surface area contributed by atoms with Gasteiger partial charge in [0.25, 0.3) is 0 Å². The molecule has 6 aromatic rings. The molecule has 8 rings (SSSR count). The van der Waals surface area contributed by atoms with Crippen molar-refractivity contribution >= 4 is 17.3 Å². The minimum absolute atomic E-state index is 0.0293. The van der Waals surface area contributed by atoms with Gasteiger partial charge in [-0.1, -0.05) is 91.3 Å². The van der Waals surface area contributed by atoms with E-state index in [1.54, 1.807) is 12.1 Å². The van der Waals surface area contributed by atoms with E-state index in [1.165, 1.54) is 40.3 Å². The van der Waals surface area contributed by atoms with Gasteiger partial charge in [-0.25, -0.2) is 4.68 Å². The summed E-state index contributed by atoms with van der Waals surface area (Å²) in [6, 6.07) is 36.3. The van der Waals surface area contributed by atoms with E-state index >= 15 is 0 Å². The largest absolute Gasteiger partial charge is 0.417 e. The predicted molar refractivity (Wildman–Crippen MR) is 252 cm³/mol. The molecule has 2 aliphatic rings. The normalized spacial score (nSPS) is 15.0. The Morgan fingerprint density at radius 1 is 0.738 bits per heavy atom. The lowest BCUT2D eigenvalue weighted by atomic mass is 10.0. The van der Waals surface area contributed by atoms with Crippen molar-refractivity contribution in [3.8, 4) is 16.9 Å². The Bertz CT molecular complexity index is 2400. The molecule has 0 aliphatic carbocycles. The zero-order valence-electron chi connectivity index (χ0n) is 38.0. The summed E-state index contributed by atoms with van der Waals surface area (Å²) < 4.78 is 47.0. The fourth-order valence-corrected chi connectivity index (χ4v) is 8.47. The minimum atomic E-state index is -4.43. The number of aromatic nitrogens is 3. The topological polar surface area (TPSA) is 97.9 Å². The number of aryl methyl sites for hydroxylation is 2. The van der Waals surface area contributed by atoms with Gasteiger partial charge in [-0.15, -0.1) is 0 Å². The number of hydrogen-bond donors (Lipinski definition) is 2. The zero-order valence-corrected chi connectivity index (χ0v) is 38.0. The summed E-state index contributed by atoms with van der Waals surface area (Å²) >= 11 is 0. The first kappa shape index (κ1) is 47.0. The summed E-state index contributed by atoms with van der Waals surface area (Å²) in [5.74, 6) is 1.10.